The first-order chi connectivity index (χ1) is 12.3. The fourth-order valence-corrected chi connectivity index (χ4v) is 3.19. The number of carbonyl (C=O) groups is 2. The van der Waals surface area contributed by atoms with Crippen LogP contribution in [0.5, 0.6) is 11.5 Å². The van der Waals surface area contributed by atoms with Crippen molar-refractivity contribution < 1.29 is 19.1 Å². The minimum absolute atomic E-state index is 0.00597. The second-order valence-electron chi connectivity index (χ2n) is 6.48. The van der Waals surface area contributed by atoms with Gasteiger partial charge in [-0.2, -0.15) is 0 Å². The third-order valence-corrected chi connectivity index (χ3v) is 4.44. The summed E-state index contributed by atoms with van der Waals surface area (Å²) in [4.78, 5) is 28.4. The lowest BCUT2D eigenvalue weighted by molar-refractivity contribution is -0.123. The summed E-state index contributed by atoms with van der Waals surface area (Å²) < 4.78 is 10.5. The lowest BCUT2D eigenvalue weighted by atomic mass is 10.1. The van der Waals surface area contributed by atoms with Crippen LogP contribution in [-0.2, 0) is 4.79 Å². The zero-order valence-corrected chi connectivity index (χ0v) is 16.4. The summed E-state index contributed by atoms with van der Waals surface area (Å²) in [6.45, 7) is 6.63. The van der Waals surface area contributed by atoms with Gasteiger partial charge in [-0.3, -0.25) is 14.5 Å². The lowest BCUT2D eigenvalue weighted by Gasteiger charge is -2.34. The summed E-state index contributed by atoms with van der Waals surface area (Å²) in [6.07, 6.45) is 0. The molecule has 0 aromatic heterocycles. The third-order valence-electron chi connectivity index (χ3n) is 4.16. The molecule has 1 heterocycles. The van der Waals surface area contributed by atoms with Crippen LogP contribution in [0.2, 0.25) is 5.02 Å². The summed E-state index contributed by atoms with van der Waals surface area (Å²) >= 11 is 6.19. The zero-order chi connectivity index (χ0) is 19.3. The minimum atomic E-state index is -0.112. The summed E-state index contributed by atoms with van der Waals surface area (Å²) in [5, 5.41) is 3.21. The fourth-order valence-electron chi connectivity index (χ4n) is 2.90. The van der Waals surface area contributed by atoms with Gasteiger partial charge in [-0.05, 0) is 26.0 Å². The quantitative estimate of drug-likeness (QED) is 0.808. The van der Waals surface area contributed by atoms with Gasteiger partial charge in [-0.1, -0.05) is 11.6 Å². The van der Waals surface area contributed by atoms with Gasteiger partial charge in [0.2, 0.25) is 5.91 Å². The Labute approximate surface area is 159 Å². The Morgan fingerprint density at radius 1 is 1.15 bits per heavy atom. The van der Waals surface area contributed by atoms with Crippen molar-refractivity contribution >= 4 is 23.4 Å². The van der Waals surface area contributed by atoms with Crippen molar-refractivity contribution in [3.05, 3.63) is 22.7 Å². The van der Waals surface area contributed by atoms with E-state index in [9.17, 15) is 9.59 Å². The van der Waals surface area contributed by atoms with E-state index in [-0.39, 0.29) is 17.9 Å². The number of nitrogens with one attached hydrogen (secondary N) is 1. The SMILES string of the molecule is COc1cc(C(=O)N2CCN(CC(=O)NC(C)C)CC2)cc(Cl)c1OC. The fraction of sp³-hybridized carbons (Fsp3) is 0.556. The molecule has 7 nitrogen and oxygen atoms in total. The van der Waals surface area contributed by atoms with E-state index in [1.54, 1.807) is 17.0 Å². The van der Waals surface area contributed by atoms with E-state index in [2.05, 4.69) is 5.32 Å². The van der Waals surface area contributed by atoms with Gasteiger partial charge < -0.3 is 19.7 Å². The van der Waals surface area contributed by atoms with Crippen molar-refractivity contribution in [3.8, 4) is 11.5 Å². The molecule has 1 aliphatic heterocycles. The number of methoxy groups -OCH3 is 2. The molecule has 144 valence electrons. The van der Waals surface area contributed by atoms with Crippen LogP contribution in [0.25, 0.3) is 0 Å². The Balaban J connectivity index is 1.98. The third kappa shape index (κ3) is 5.02. The highest BCUT2D eigenvalue weighted by Crippen LogP contribution is 2.36. The van der Waals surface area contributed by atoms with Crippen LogP contribution < -0.4 is 14.8 Å². The summed E-state index contributed by atoms with van der Waals surface area (Å²) in [5.41, 5.74) is 0.457. The molecule has 8 heteroatoms. The Hall–Kier alpha value is -1.99. The molecule has 1 aliphatic rings. The van der Waals surface area contributed by atoms with Gasteiger partial charge in [0.1, 0.15) is 0 Å². The molecule has 0 bridgehead atoms. The van der Waals surface area contributed by atoms with Gasteiger partial charge in [-0.15, -0.1) is 0 Å². The number of piperazine rings is 1. The Morgan fingerprint density at radius 3 is 2.35 bits per heavy atom. The average molecular weight is 384 g/mol. The molecule has 2 amide bonds. The minimum Gasteiger partial charge on any atom is -0.493 e. The van der Waals surface area contributed by atoms with Gasteiger partial charge in [-0.25, -0.2) is 0 Å². The Morgan fingerprint density at radius 2 is 1.81 bits per heavy atom. The summed E-state index contributed by atoms with van der Waals surface area (Å²) in [7, 11) is 3.00. The number of rotatable bonds is 6. The van der Waals surface area contributed by atoms with E-state index in [4.69, 9.17) is 21.1 Å². The predicted octanol–water partition coefficient (Wildman–Crippen LogP) is 1.64. The first-order valence-electron chi connectivity index (χ1n) is 8.58. The maximum Gasteiger partial charge on any atom is 0.254 e. The van der Waals surface area contributed by atoms with E-state index in [0.717, 1.165) is 0 Å². The molecule has 1 aromatic carbocycles. The van der Waals surface area contributed by atoms with Crippen molar-refractivity contribution in [1.29, 1.82) is 0 Å². The van der Waals surface area contributed by atoms with E-state index >= 15 is 0 Å². The van der Waals surface area contributed by atoms with E-state index in [0.29, 0.717) is 54.8 Å². The van der Waals surface area contributed by atoms with Crippen molar-refractivity contribution in [2.24, 2.45) is 0 Å². The van der Waals surface area contributed by atoms with E-state index in [1.165, 1.54) is 14.2 Å². The number of nitrogens with zero attached hydrogens (tertiary/aromatic N) is 2. The molecular formula is C18H26ClN3O4. The largest absolute Gasteiger partial charge is 0.493 e. The Bertz CT molecular complexity index is 658. The van der Waals surface area contributed by atoms with Gasteiger partial charge in [0.15, 0.2) is 11.5 Å². The van der Waals surface area contributed by atoms with Crippen LogP contribution >= 0.6 is 11.6 Å². The number of benzene rings is 1. The lowest BCUT2D eigenvalue weighted by Crippen LogP contribution is -2.51. The number of amides is 2. The van der Waals surface area contributed by atoms with Gasteiger partial charge in [0.05, 0.1) is 25.8 Å². The van der Waals surface area contributed by atoms with Crippen molar-refractivity contribution in [1.82, 2.24) is 15.1 Å². The number of halogens is 1. The van der Waals surface area contributed by atoms with Gasteiger partial charge in [0.25, 0.3) is 5.91 Å². The molecule has 0 atom stereocenters. The van der Waals surface area contributed by atoms with Crippen LogP contribution in [0.15, 0.2) is 12.1 Å². The second kappa shape index (κ2) is 9.09. The normalized spacial score (nSPS) is 15.1. The molecule has 26 heavy (non-hydrogen) atoms. The van der Waals surface area contributed by atoms with Crippen LogP contribution in [0.3, 0.4) is 0 Å². The van der Waals surface area contributed by atoms with Crippen LogP contribution in [-0.4, -0.2) is 74.6 Å². The first kappa shape index (κ1) is 20.3. The van der Waals surface area contributed by atoms with Crippen molar-refractivity contribution in [2.45, 2.75) is 19.9 Å². The maximum absolute atomic E-state index is 12.8. The predicted molar refractivity (Wildman–Crippen MR) is 100 cm³/mol. The summed E-state index contributed by atoms with van der Waals surface area (Å²) in [5.74, 6) is 0.727. The Kier molecular flexibility index (Phi) is 7.11. The number of hydrogen-bond acceptors (Lipinski definition) is 5. The highest BCUT2D eigenvalue weighted by Gasteiger charge is 2.25. The molecular weight excluding hydrogens is 358 g/mol. The molecule has 0 radical (unpaired) electrons. The molecule has 0 unspecified atom stereocenters. The molecule has 2 rings (SSSR count). The van der Waals surface area contributed by atoms with Gasteiger partial charge >= 0.3 is 0 Å². The molecule has 0 aliphatic carbocycles. The van der Waals surface area contributed by atoms with Crippen LogP contribution in [0.1, 0.15) is 24.2 Å². The monoisotopic (exact) mass is 383 g/mol. The standard InChI is InChI=1S/C18H26ClN3O4/c1-12(2)20-16(23)11-21-5-7-22(8-6-21)18(24)13-9-14(19)17(26-4)15(10-13)25-3/h9-10,12H,5-8,11H2,1-4H3,(H,20,23). The smallest absolute Gasteiger partial charge is 0.254 e. The average Bonchev–Trinajstić information content (AvgIpc) is 2.60. The number of ether oxygens (including phenoxy) is 2. The van der Waals surface area contributed by atoms with Crippen molar-refractivity contribution in [3.63, 3.8) is 0 Å². The molecule has 1 aromatic rings. The molecule has 1 saturated heterocycles. The molecule has 1 fully saturated rings. The number of carbonyl (C=O) groups excluding carboxylic acids is 2. The summed E-state index contributed by atoms with van der Waals surface area (Å²) in [6, 6.07) is 3.35. The molecule has 0 saturated carbocycles. The molecule has 1 N–H and O–H groups in total. The zero-order valence-electron chi connectivity index (χ0n) is 15.7. The topological polar surface area (TPSA) is 71.1 Å². The number of hydrogen-bond donors (Lipinski definition) is 1. The van der Waals surface area contributed by atoms with Crippen LogP contribution in [0, 0.1) is 0 Å². The van der Waals surface area contributed by atoms with E-state index in [1.807, 2.05) is 18.7 Å². The van der Waals surface area contributed by atoms with Crippen molar-refractivity contribution in [2.75, 3.05) is 46.9 Å². The highest BCUT2D eigenvalue weighted by atomic mass is 35.5. The maximum atomic E-state index is 12.8. The second-order valence-corrected chi connectivity index (χ2v) is 6.89. The first-order valence-corrected chi connectivity index (χ1v) is 8.96. The van der Waals surface area contributed by atoms with Gasteiger partial charge in [0, 0.05) is 37.8 Å². The molecule has 0 spiro atoms. The highest BCUT2D eigenvalue weighted by molar-refractivity contribution is 6.32. The van der Waals surface area contributed by atoms with E-state index < -0.39 is 0 Å². The van der Waals surface area contributed by atoms with Crippen LogP contribution in [0.4, 0.5) is 0 Å².